The molecule has 0 saturated carbocycles. The molecule has 0 aliphatic heterocycles. The van der Waals surface area contributed by atoms with Crippen molar-refractivity contribution in [3.8, 4) is 5.75 Å². The summed E-state index contributed by atoms with van der Waals surface area (Å²) < 4.78 is 54.7. The summed E-state index contributed by atoms with van der Waals surface area (Å²) >= 11 is 0. The van der Waals surface area contributed by atoms with Gasteiger partial charge in [-0.1, -0.05) is 32.8 Å². The van der Waals surface area contributed by atoms with Gasteiger partial charge in [-0.15, -0.1) is 13.2 Å². The monoisotopic (exact) mass is 318 g/mol. The molecule has 0 heterocycles. The molecule has 0 atom stereocenters. The second-order valence-corrected chi connectivity index (χ2v) is 5.18. The van der Waals surface area contributed by atoms with E-state index in [4.69, 9.17) is 0 Å². The highest BCUT2D eigenvalue weighted by Crippen LogP contribution is 2.35. The highest BCUT2D eigenvalue weighted by atomic mass is 19.4. The second-order valence-electron chi connectivity index (χ2n) is 5.18. The van der Waals surface area contributed by atoms with E-state index in [9.17, 15) is 17.6 Å². The summed E-state index contributed by atoms with van der Waals surface area (Å²) in [6, 6.07) is 2.27. The van der Waals surface area contributed by atoms with Gasteiger partial charge in [0.2, 0.25) is 0 Å². The van der Waals surface area contributed by atoms with Gasteiger partial charge in [0.25, 0.3) is 0 Å². The van der Waals surface area contributed by atoms with Crippen molar-refractivity contribution in [3.63, 3.8) is 0 Å². The van der Waals surface area contributed by atoms with Crippen molar-refractivity contribution in [3.05, 3.63) is 34.6 Å². The van der Waals surface area contributed by atoms with Crippen LogP contribution >= 0.6 is 0 Å². The van der Waals surface area contributed by atoms with E-state index in [2.05, 4.69) is 11.7 Å². The third-order valence-electron chi connectivity index (χ3n) is 3.59. The number of ether oxygens (including phenoxy) is 1. The third-order valence-corrected chi connectivity index (χ3v) is 3.59. The zero-order chi connectivity index (χ0) is 16.9. The van der Waals surface area contributed by atoms with E-state index in [1.807, 2.05) is 13.8 Å². The second kappa shape index (κ2) is 7.65. The molecule has 1 rings (SSSR count). The van der Waals surface area contributed by atoms with Gasteiger partial charge in [-0.3, -0.25) is 0 Å². The number of aryl methyl sites for hydroxylation is 1. The molecule has 0 unspecified atom stereocenters. The predicted octanol–water partition coefficient (Wildman–Crippen LogP) is 6.41. The average molecular weight is 318 g/mol. The molecule has 0 aromatic heterocycles. The fraction of sp³-hybridized carbons (Fsp3) is 0.529. The van der Waals surface area contributed by atoms with E-state index in [0.29, 0.717) is 17.5 Å². The Morgan fingerprint density at radius 3 is 2.18 bits per heavy atom. The molecular formula is C17H22F4O. The fourth-order valence-electron chi connectivity index (χ4n) is 2.65. The first-order chi connectivity index (χ1) is 10.2. The van der Waals surface area contributed by atoms with Crippen molar-refractivity contribution in [2.75, 3.05) is 0 Å². The standard InChI is InChI=1S/C17H22F4O/c1-5-8-12(6-2)13(7-3)14-10-16(22-17(19,20)21)15(18)9-11(14)4/h9-10H,5-8H2,1-4H3/b13-12+. The minimum absolute atomic E-state index is 0.617. The third kappa shape index (κ3) is 4.75. The van der Waals surface area contributed by atoms with Crippen LogP contribution in [0, 0.1) is 12.7 Å². The van der Waals surface area contributed by atoms with Crippen LogP contribution in [0.25, 0.3) is 5.57 Å². The van der Waals surface area contributed by atoms with Gasteiger partial charge in [0.1, 0.15) is 0 Å². The van der Waals surface area contributed by atoms with E-state index in [1.54, 1.807) is 6.92 Å². The highest BCUT2D eigenvalue weighted by Gasteiger charge is 2.32. The van der Waals surface area contributed by atoms with Crippen molar-refractivity contribution in [1.29, 1.82) is 0 Å². The molecule has 1 nitrogen and oxygen atoms in total. The number of benzene rings is 1. The number of hydrogen-bond acceptors (Lipinski definition) is 1. The summed E-state index contributed by atoms with van der Waals surface area (Å²) in [6.45, 7) is 7.73. The average Bonchev–Trinajstić information content (AvgIpc) is 2.41. The quantitative estimate of drug-likeness (QED) is 0.551. The number of allylic oxidation sites excluding steroid dienone is 2. The van der Waals surface area contributed by atoms with E-state index in [0.717, 1.165) is 30.9 Å². The lowest BCUT2D eigenvalue weighted by atomic mass is 9.90. The van der Waals surface area contributed by atoms with Crippen molar-refractivity contribution in [2.45, 2.75) is 59.7 Å². The van der Waals surface area contributed by atoms with Crippen LogP contribution in [-0.2, 0) is 0 Å². The smallest absolute Gasteiger partial charge is 0.403 e. The molecule has 124 valence electrons. The predicted molar refractivity (Wildman–Crippen MR) is 80.2 cm³/mol. The van der Waals surface area contributed by atoms with Gasteiger partial charge in [-0.05, 0) is 55.0 Å². The SMILES string of the molecule is CCC/C(CC)=C(\CC)c1cc(OC(F)(F)F)c(F)cc1C. The van der Waals surface area contributed by atoms with E-state index in [1.165, 1.54) is 11.6 Å². The number of alkyl halides is 3. The fourth-order valence-corrected chi connectivity index (χ4v) is 2.65. The summed E-state index contributed by atoms with van der Waals surface area (Å²) in [6.07, 6.45) is -1.56. The summed E-state index contributed by atoms with van der Waals surface area (Å²) in [7, 11) is 0. The Balaban J connectivity index is 3.42. The maximum absolute atomic E-state index is 13.7. The molecule has 0 fully saturated rings. The van der Waals surface area contributed by atoms with Gasteiger partial charge < -0.3 is 4.74 Å². The van der Waals surface area contributed by atoms with Crippen molar-refractivity contribution in [1.82, 2.24) is 0 Å². The molecule has 1 aromatic carbocycles. The molecular weight excluding hydrogens is 296 g/mol. The lowest BCUT2D eigenvalue weighted by Crippen LogP contribution is -2.18. The largest absolute Gasteiger partial charge is 0.573 e. The topological polar surface area (TPSA) is 9.23 Å². The summed E-state index contributed by atoms with van der Waals surface area (Å²) in [5, 5.41) is 0. The lowest BCUT2D eigenvalue weighted by molar-refractivity contribution is -0.275. The van der Waals surface area contributed by atoms with Crippen LogP contribution in [0.4, 0.5) is 17.6 Å². The lowest BCUT2D eigenvalue weighted by Gasteiger charge is -2.18. The molecule has 0 bridgehead atoms. The molecule has 1 aromatic rings. The zero-order valence-electron chi connectivity index (χ0n) is 13.4. The van der Waals surface area contributed by atoms with Crippen LogP contribution < -0.4 is 4.74 Å². The summed E-state index contributed by atoms with van der Waals surface area (Å²) in [5.74, 6) is -1.77. The van der Waals surface area contributed by atoms with Crippen molar-refractivity contribution >= 4 is 5.57 Å². The normalized spacial score (nSPS) is 13.1. The molecule has 0 radical (unpaired) electrons. The molecule has 0 N–H and O–H groups in total. The van der Waals surface area contributed by atoms with Gasteiger partial charge in [0, 0.05) is 0 Å². The highest BCUT2D eigenvalue weighted by molar-refractivity contribution is 5.72. The first-order valence-electron chi connectivity index (χ1n) is 7.50. The number of halogens is 4. The van der Waals surface area contributed by atoms with Gasteiger partial charge in [0.15, 0.2) is 11.6 Å². The first kappa shape index (κ1) is 18.5. The minimum Gasteiger partial charge on any atom is -0.403 e. The van der Waals surface area contributed by atoms with E-state index in [-0.39, 0.29) is 0 Å². The van der Waals surface area contributed by atoms with E-state index >= 15 is 0 Å². The molecule has 0 amide bonds. The van der Waals surface area contributed by atoms with Gasteiger partial charge in [-0.2, -0.15) is 0 Å². The minimum atomic E-state index is -4.90. The molecule has 22 heavy (non-hydrogen) atoms. The molecule has 0 spiro atoms. The van der Waals surface area contributed by atoms with E-state index < -0.39 is 17.9 Å². The van der Waals surface area contributed by atoms with Crippen LogP contribution in [0.3, 0.4) is 0 Å². The van der Waals surface area contributed by atoms with Gasteiger partial charge in [0.05, 0.1) is 0 Å². The molecule has 0 aliphatic rings. The Kier molecular flexibility index (Phi) is 6.45. The first-order valence-corrected chi connectivity index (χ1v) is 7.50. The van der Waals surface area contributed by atoms with Gasteiger partial charge >= 0.3 is 6.36 Å². The van der Waals surface area contributed by atoms with Crippen LogP contribution in [0.2, 0.25) is 0 Å². The molecule has 0 aliphatic carbocycles. The van der Waals surface area contributed by atoms with Crippen molar-refractivity contribution < 1.29 is 22.3 Å². The van der Waals surface area contributed by atoms with Gasteiger partial charge in [-0.25, -0.2) is 4.39 Å². The van der Waals surface area contributed by atoms with Crippen molar-refractivity contribution in [2.24, 2.45) is 0 Å². The Morgan fingerprint density at radius 1 is 1.09 bits per heavy atom. The summed E-state index contributed by atoms with van der Waals surface area (Å²) in [4.78, 5) is 0. The Morgan fingerprint density at radius 2 is 1.73 bits per heavy atom. The van der Waals surface area contributed by atoms with Crippen LogP contribution in [-0.4, -0.2) is 6.36 Å². The maximum Gasteiger partial charge on any atom is 0.573 e. The zero-order valence-corrected chi connectivity index (χ0v) is 13.4. The number of hydrogen-bond donors (Lipinski definition) is 0. The Labute approximate surface area is 129 Å². The maximum atomic E-state index is 13.7. The van der Waals surface area contributed by atoms with Crippen LogP contribution in [0.15, 0.2) is 17.7 Å². The van der Waals surface area contributed by atoms with Crippen LogP contribution in [0.1, 0.15) is 57.6 Å². The number of rotatable bonds is 6. The molecule has 0 saturated heterocycles. The summed E-state index contributed by atoms with van der Waals surface area (Å²) in [5.41, 5.74) is 3.42. The molecule has 5 heteroatoms. The Hall–Kier alpha value is -1.52. The van der Waals surface area contributed by atoms with Crippen LogP contribution in [0.5, 0.6) is 5.75 Å². The Bertz CT molecular complexity index is 544.